The summed E-state index contributed by atoms with van der Waals surface area (Å²) in [6.45, 7) is 0. The van der Waals surface area contributed by atoms with Crippen molar-refractivity contribution >= 4 is 17.0 Å². The summed E-state index contributed by atoms with van der Waals surface area (Å²) in [7, 11) is 0. The Labute approximate surface area is 51.2 Å². The fraction of sp³-hybridized carbons (Fsp3) is 0. The zero-order valence-corrected chi connectivity index (χ0v) is 4.90. The molecule has 8 heavy (non-hydrogen) atoms. The van der Waals surface area contributed by atoms with Crippen molar-refractivity contribution in [2.75, 3.05) is 5.73 Å². The summed E-state index contributed by atoms with van der Waals surface area (Å²) in [4.78, 5) is 0.602. The van der Waals surface area contributed by atoms with Gasteiger partial charge in [-0.05, 0) is 11.4 Å². The van der Waals surface area contributed by atoms with Crippen molar-refractivity contribution in [1.29, 1.82) is 5.26 Å². The molecule has 2 nitrogen and oxygen atoms in total. The fourth-order valence-electron chi connectivity index (χ4n) is 0.410. The Morgan fingerprint density at radius 1 is 1.75 bits per heavy atom. The van der Waals surface area contributed by atoms with Crippen molar-refractivity contribution in [1.82, 2.24) is 0 Å². The smallest absolute Gasteiger partial charge is 0.127 e. The molecule has 0 saturated carbocycles. The molecule has 0 saturated heterocycles. The van der Waals surface area contributed by atoms with E-state index in [9.17, 15) is 0 Å². The molecule has 0 aromatic carbocycles. The van der Waals surface area contributed by atoms with Crippen LogP contribution in [0.4, 0.5) is 5.69 Å². The van der Waals surface area contributed by atoms with Crippen molar-refractivity contribution in [3.8, 4) is 6.07 Å². The normalized spacial score (nSPS) is 8.38. The molecule has 0 aliphatic rings. The van der Waals surface area contributed by atoms with E-state index in [0.29, 0.717) is 10.6 Å². The van der Waals surface area contributed by atoms with Gasteiger partial charge in [0.05, 0.1) is 5.69 Å². The maximum atomic E-state index is 8.29. The van der Waals surface area contributed by atoms with Crippen LogP contribution in [0.5, 0.6) is 0 Å². The Balaban J connectivity index is 3.15. The third-order valence-corrected chi connectivity index (χ3v) is 1.63. The minimum Gasteiger partial charge on any atom is -0.397 e. The van der Waals surface area contributed by atoms with Crippen molar-refractivity contribution in [2.45, 2.75) is 0 Å². The molecule has 1 rings (SSSR count). The van der Waals surface area contributed by atoms with Crippen molar-refractivity contribution < 1.29 is 0 Å². The average molecular weight is 124 g/mol. The number of nitriles is 1. The summed E-state index contributed by atoms with van der Waals surface area (Å²) < 4.78 is 0. The minimum absolute atomic E-state index is 0.581. The molecule has 0 amide bonds. The highest BCUT2D eigenvalue weighted by Crippen LogP contribution is 2.16. The first-order valence-electron chi connectivity index (χ1n) is 2.07. The third kappa shape index (κ3) is 0.658. The summed E-state index contributed by atoms with van der Waals surface area (Å²) in [6.07, 6.45) is 0. The summed E-state index contributed by atoms with van der Waals surface area (Å²) >= 11 is 1.36. The van der Waals surface area contributed by atoms with Crippen molar-refractivity contribution in [3.05, 3.63) is 16.3 Å². The van der Waals surface area contributed by atoms with Crippen LogP contribution < -0.4 is 5.73 Å². The van der Waals surface area contributed by atoms with Crippen LogP contribution in [0.25, 0.3) is 0 Å². The van der Waals surface area contributed by atoms with Crippen LogP contribution in [-0.2, 0) is 0 Å². The Hall–Kier alpha value is -1.01. The molecule has 1 aromatic heterocycles. The van der Waals surface area contributed by atoms with Crippen LogP contribution >= 0.6 is 11.3 Å². The van der Waals surface area contributed by atoms with Gasteiger partial charge in [0.15, 0.2) is 0 Å². The Morgan fingerprint density at radius 3 is 2.75 bits per heavy atom. The molecule has 2 N–H and O–H groups in total. The molecule has 0 radical (unpaired) electrons. The number of hydrogen-bond acceptors (Lipinski definition) is 3. The Morgan fingerprint density at radius 2 is 2.50 bits per heavy atom. The monoisotopic (exact) mass is 124 g/mol. The lowest BCUT2D eigenvalue weighted by Crippen LogP contribution is -1.81. The maximum Gasteiger partial charge on any atom is 0.127 e. The van der Waals surface area contributed by atoms with Crippen LogP contribution in [0.1, 0.15) is 4.88 Å². The van der Waals surface area contributed by atoms with Gasteiger partial charge in [0.2, 0.25) is 0 Å². The highest BCUT2D eigenvalue weighted by Gasteiger charge is 1.94. The molecule has 1 heterocycles. The van der Waals surface area contributed by atoms with E-state index < -0.39 is 0 Å². The van der Waals surface area contributed by atoms with E-state index in [0.717, 1.165) is 0 Å². The summed E-state index contributed by atoms with van der Waals surface area (Å²) in [5.74, 6) is 0. The predicted octanol–water partition coefficient (Wildman–Crippen LogP) is 1.20. The summed E-state index contributed by atoms with van der Waals surface area (Å²) in [5, 5.41) is 10.1. The second kappa shape index (κ2) is 1.85. The lowest BCUT2D eigenvalue weighted by Gasteiger charge is -1.78. The molecule has 0 bridgehead atoms. The molecule has 0 unspecified atom stereocenters. The molecule has 0 atom stereocenters. The van der Waals surface area contributed by atoms with Gasteiger partial charge in [-0.15, -0.1) is 11.3 Å². The first kappa shape index (κ1) is 5.13. The number of hydrogen-bond donors (Lipinski definition) is 1. The topological polar surface area (TPSA) is 49.8 Å². The van der Waals surface area contributed by atoms with E-state index >= 15 is 0 Å². The third-order valence-electron chi connectivity index (χ3n) is 0.797. The van der Waals surface area contributed by atoms with Gasteiger partial charge in [0.25, 0.3) is 0 Å². The van der Waals surface area contributed by atoms with Gasteiger partial charge in [-0.2, -0.15) is 5.26 Å². The lowest BCUT2D eigenvalue weighted by molar-refractivity contribution is 1.52. The zero-order chi connectivity index (χ0) is 5.98. The van der Waals surface area contributed by atoms with Gasteiger partial charge in [-0.25, -0.2) is 0 Å². The SMILES string of the molecule is N#Cc1sccc1N. The number of anilines is 1. The zero-order valence-electron chi connectivity index (χ0n) is 4.09. The molecule has 1 aromatic rings. The van der Waals surface area contributed by atoms with Gasteiger partial charge >= 0.3 is 0 Å². The molecule has 0 aliphatic carbocycles. The summed E-state index contributed by atoms with van der Waals surface area (Å²) in [5.41, 5.74) is 5.92. The molecular weight excluding hydrogens is 120 g/mol. The quantitative estimate of drug-likeness (QED) is 0.565. The largest absolute Gasteiger partial charge is 0.397 e. The highest BCUT2D eigenvalue weighted by molar-refractivity contribution is 7.11. The molecular formula is C5H4N2S. The van der Waals surface area contributed by atoms with E-state index in [1.165, 1.54) is 11.3 Å². The van der Waals surface area contributed by atoms with Crippen LogP contribution in [0, 0.1) is 11.3 Å². The predicted molar refractivity (Wildman–Crippen MR) is 33.4 cm³/mol. The van der Waals surface area contributed by atoms with Gasteiger partial charge < -0.3 is 5.73 Å². The first-order valence-corrected chi connectivity index (χ1v) is 2.95. The second-order valence-corrected chi connectivity index (χ2v) is 2.23. The average Bonchev–Trinajstić information content (AvgIpc) is 2.14. The summed E-state index contributed by atoms with van der Waals surface area (Å²) in [6, 6.07) is 3.69. The minimum atomic E-state index is 0.581. The van der Waals surface area contributed by atoms with Crippen LogP contribution in [-0.4, -0.2) is 0 Å². The lowest BCUT2D eigenvalue weighted by atomic mass is 10.4. The number of nitrogens with two attached hydrogens (primary N) is 1. The Bertz CT molecular complexity index is 221. The standard InChI is InChI=1S/C5H4N2S/c6-3-5-4(7)1-2-8-5/h1-2H,7H2. The van der Waals surface area contributed by atoms with E-state index in [2.05, 4.69) is 0 Å². The Kier molecular flexibility index (Phi) is 1.18. The van der Waals surface area contributed by atoms with Gasteiger partial charge in [0.1, 0.15) is 10.9 Å². The van der Waals surface area contributed by atoms with Gasteiger partial charge in [0, 0.05) is 0 Å². The maximum absolute atomic E-state index is 8.29. The molecule has 40 valence electrons. The van der Waals surface area contributed by atoms with E-state index in [-0.39, 0.29) is 0 Å². The van der Waals surface area contributed by atoms with E-state index in [4.69, 9.17) is 11.0 Å². The van der Waals surface area contributed by atoms with Crippen molar-refractivity contribution in [3.63, 3.8) is 0 Å². The number of thiophene rings is 1. The van der Waals surface area contributed by atoms with E-state index in [1.54, 1.807) is 11.4 Å². The van der Waals surface area contributed by atoms with Gasteiger partial charge in [-0.1, -0.05) is 0 Å². The highest BCUT2D eigenvalue weighted by atomic mass is 32.1. The van der Waals surface area contributed by atoms with Crippen LogP contribution in [0.2, 0.25) is 0 Å². The molecule has 0 fully saturated rings. The van der Waals surface area contributed by atoms with Gasteiger partial charge in [-0.3, -0.25) is 0 Å². The number of nitrogens with zero attached hydrogens (tertiary/aromatic N) is 1. The fourth-order valence-corrected chi connectivity index (χ4v) is 1.02. The van der Waals surface area contributed by atoms with Crippen LogP contribution in [0.3, 0.4) is 0 Å². The van der Waals surface area contributed by atoms with Crippen LogP contribution in [0.15, 0.2) is 11.4 Å². The molecule has 0 aliphatic heterocycles. The molecule has 0 spiro atoms. The van der Waals surface area contributed by atoms with E-state index in [1.807, 2.05) is 6.07 Å². The second-order valence-electron chi connectivity index (χ2n) is 1.32. The number of rotatable bonds is 0. The molecule has 3 heteroatoms. The first-order chi connectivity index (χ1) is 3.84. The van der Waals surface area contributed by atoms with Crippen molar-refractivity contribution in [2.24, 2.45) is 0 Å². The number of nitrogen functional groups attached to an aromatic ring is 1.